The first-order valence-electron chi connectivity index (χ1n) is 32.0. The molecule has 4 aromatic heterocycles. The van der Waals surface area contributed by atoms with Gasteiger partial charge in [-0.1, -0.05) is 256 Å². The lowest BCUT2D eigenvalue weighted by atomic mass is 9.37. The van der Waals surface area contributed by atoms with Gasteiger partial charge >= 0.3 is 13.1 Å². The Morgan fingerprint density at radius 3 is 0.965 bits per heavy atom. The molecule has 3 aromatic carbocycles. The zero-order valence-electron chi connectivity index (χ0n) is 59.2. The van der Waals surface area contributed by atoms with Crippen molar-refractivity contribution in [3.05, 3.63) is 171 Å². The fourth-order valence-electron chi connectivity index (χ4n) is 8.04. The third-order valence-electron chi connectivity index (χ3n) is 11.1. The summed E-state index contributed by atoms with van der Waals surface area (Å²) in [6.45, 7) is 57.0. The number of nitrogens with zero attached hydrogens (tertiary/aromatic N) is 11. The van der Waals surface area contributed by atoms with Crippen LogP contribution in [-0.2, 0) is 0 Å². The quantitative estimate of drug-likeness (QED) is 0.0851. The number of hydrogen-bond acceptors (Lipinski definition) is 5. The highest BCUT2D eigenvalue weighted by Crippen LogP contribution is 2.32. The molecule has 0 amide bonds. The lowest BCUT2D eigenvalue weighted by Crippen LogP contribution is -2.79. The van der Waals surface area contributed by atoms with Crippen LogP contribution in [0.15, 0.2) is 181 Å². The van der Waals surface area contributed by atoms with E-state index >= 15 is 0 Å². The van der Waals surface area contributed by atoms with E-state index in [1.165, 1.54) is 23.2 Å². The summed E-state index contributed by atoms with van der Waals surface area (Å²) in [5.74, 6) is 0. The van der Waals surface area contributed by atoms with Gasteiger partial charge in [-0.25, -0.2) is 15.3 Å². The third kappa shape index (κ3) is 29.5. The molecule has 0 aliphatic carbocycles. The number of pyridine rings is 1. The molecule has 0 atom stereocenters. The van der Waals surface area contributed by atoms with Crippen molar-refractivity contribution >= 4 is 91.2 Å². The first kappa shape index (κ1) is 88.7. The Balaban J connectivity index is -0.000000318. The number of rotatable bonds is 13. The van der Waals surface area contributed by atoms with E-state index in [0.29, 0.717) is 15.8 Å². The second kappa shape index (κ2) is 59.3. The maximum absolute atomic E-state index is 4.64. The van der Waals surface area contributed by atoms with Crippen molar-refractivity contribution < 1.29 is 13.7 Å². The fourth-order valence-corrected chi connectivity index (χ4v) is 14.3. The van der Waals surface area contributed by atoms with E-state index in [-0.39, 0.29) is 15.8 Å². The van der Waals surface area contributed by atoms with Crippen molar-refractivity contribution in [2.75, 3.05) is 65.6 Å². The summed E-state index contributed by atoms with van der Waals surface area (Å²) in [7, 11) is 0.901. The second-order valence-electron chi connectivity index (χ2n) is 16.6. The van der Waals surface area contributed by atoms with Crippen molar-refractivity contribution in [2.24, 2.45) is 10.2 Å². The van der Waals surface area contributed by atoms with Gasteiger partial charge in [-0.05, 0) is 125 Å². The SMILES string of the molecule is C1=N[N+]([B-](c2ccccc2)(c2ccccc2)n2cccn2)=CC1.C1=N[N+]([B-](n2cccn2)(n2cccn2)[n+]2ccccc2)=CC1.CC.CC.CC.CC.CC.CC.CC.CC.CC.CC.CP(C)CCP(C)C.CP(C)c1ccccc1P(C)C. The summed E-state index contributed by atoms with van der Waals surface area (Å²) in [5.41, 5.74) is 2.36. The van der Waals surface area contributed by atoms with E-state index in [2.05, 4.69) is 167 Å². The van der Waals surface area contributed by atoms with E-state index in [1.807, 2.05) is 261 Å². The molecule has 0 saturated heterocycles. The lowest BCUT2D eigenvalue weighted by molar-refractivity contribution is -0.639. The van der Waals surface area contributed by atoms with Crippen molar-refractivity contribution in [3.8, 4) is 0 Å². The van der Waals surface area contributed by atoms with Gasteiger partial charge in [0.1, 0.15) is 24.8 Å². The van der Waals surface area contributed by atoms with E-state index in [0.717, 1.165) is 12.8 Å². The molecule has 7 aromatic rings. The first-order chi connectivity index (χ1) is 41.6. The van der Waals surface area contributed by atoms with Crippen molar-refractivity contribution in [2.45, 2.75) is 151 Å². The fraction of sp³-hybridized carbons (Fsp3) is 0.471. The molecule has 11 nitrogen and oxygen atoms in total. The van der Waals surface area contributed by atoms with Gasteiger partial charge < -0.3 is 9.07 Å². The monoisotopic (exact) mass is 1240 g/mol. The van der Waals surface area contributed by atoms with Crippen LogP contribution in [0.3, 0.4) is 0 Å². The van der Waals surface area contributed by atoms with Crippen LogP contribution in [-0.4, -0.2) is 142 Å². The van der Waals surface area contributed by atoms with Gasteiger partial charge in [-0.2, -0.15) is 4.60 Å². The molecule has 0 radical (unpaired) electrons. The number of aromatic nitrogens is 7. The van der Waals surface area contributed by atoms with Crippen LogP contribution in [0.25, 0.3) is 0 Å². The molecule has 0 fully saturated rings. The van der Waals surface area contributed by atoms with Gasteiger partial charge in [0.05, 0.1) is 25.3 Å². The smallest absolute Gasteiger partial charge is 0.369 e. The Morgan fingerprint density at radius 2 is 0.682 bits per heavy atom. The van der Waals surface area contributed by atoms with E-state index in [1.54, 1.807) is 23.0 Å². The number of benzene rings is 3. The molecular weight excluding hydrogens is 1120 g/mol. The first-order valence-corrected chi connectivity index (χ1v) is 41.3. The summed E-state index contributed by atoms with van der Waals surface area (Å²) < 4.78 is 11.9. The highest BCUT2D eigenvalue weighted by molar-refractivity contribution is 7.70. The summed E-state index contributed by atoms with van der Waals surface area (Å²) in [4.78, 5) is 0. The van der Waals surface area contributed by atoms with Gasteiger partial charge in [0, 0.05) is 18.6 Å². The van der Waals surface area contributed by atoms with Crippen molar-refractivity contribution in [3.63, 3.8) is 0 Å². The Morgan fingerprint density at radius 1 is 0.376 bits per heavy atom. The minimum absolute atomic E-state index is 0.0674. The zero-order chi connectivity index (χ0) is 66.1. The number of hydrogen-bond donors (Lipinski definition) is 0. The van der Waals surface area contributed by atoms with Crippen LogP contribution in [0.1, 0.15) is 151 Å². The topological polar surface area (TPSA) is 88.1 Å². The Labute approximate surface area is 529 Å². The van der Waals surface area contributed by atoms with E-state index in [4.69, 9.17) is 0 Å². The molecule has 0 N–H and O–H groups in total. The van der Waals surface area contributed by atoms with Crippen LogP contribution in [0.4, 0.5) is 0 Å². The molecule has 2 aliphatic heterocycles. The van der Waals surface area contributed by atoms with Crippen molar-refractivity contribution in [1.82, 2.24) is 29.1 Å². The van der Waals surface area contributed by atoms with Gasteiger partial charge in [0.2, 0.25) is 0 Å². The van der Waals surface area contributed by atoms with Crippen molar-refractivity contribution in [1.29, 1.82) is 0 Å². The Kier molecular flexibility index (Phi) is 61.9. The average molecular weight is 1240 g/mol. The van der Waals surface area contributed by atoms with Gasteiger partial charge in [0.15, 0.2) is 0 Å². The number of hydrazone groups is 2. The highest BCUT2D eigenvalue weighted by Gasteiger charge is 2.61. The van der Waals surface area contributed by atoms with E-state index in [9.17, 15) is 0 Å². The lowest BCUT2D eigenvalue weighted by Gasteiger charge is -2.34. The summed E-state index contributed by atoms with van der Waals surface area (Å²) in [6.07, 6.45) is 26.3. The minimum atomic E-state index is -1.73. The molecule has 6 heterocycles. The molecule has 0 saturated carbocycles. The van der Waals surface area contributed by atoms with Crippen LogP contribution in [0.2, 0.25) is 0 Å². The molecule has 0 bridgehead atoms. The minimum Gasteiger partial charge on any atom is -0.369 e. The normalized spacial score (nSPS) is 10.8. The summed E-state index contributed by atoms with van der Waals surface area (Å²) in [6, 6.07) is 41.5. The molecule has 476 valence electrons. The second-order valence-corrected chi connectivity index (χ2v) is 26.4. The van der Waals surface area contributed by atoms with Gasteiger partial charge in [-0.3, -0.25) is 13.8 Å². The Bertz CT molecular complexity index is 2470. The van der Waals surface area contributed by atoms with Crippen LogP contribution >= 0.6 is 31.7 Å². The van der Waals surface area contributed by atoms with Crippen LogP contribution < -0.4 is 26.0 Å². The standard InChI is InChI=1S/C18H17BN4.C14H15BN7.C10H16P2.C6H16P2.10C2H6/c1-3-9-17(10-4-1)19(22-15-7-13-20-22,23-16-8-14-21-23)18-11-5-2-6-12-18;1-2-10-19(11-3-1)15(20-12-4-7-16-20,21-13-5-8-17-21)22-14-6-9-18-22;1-11(2)9-7-5-6-8-10(9)12(3)4;1-7(2)5-6-8(3)4;10*1-2/h1-7,9-16H,8H2;1-5,7-14H,6H2;5-8H,1-4H3;5-6H2,1-4H3;10*1-2H3/q;+1;;;;;;;;;;;;. The molecule has 2 aliphatic rings. The van der Waals surface area contributed by atoms with Gasteiger partial charge in [-0.15, -0.1) is 26.8 Å². The Hall–Kier alpha value is -5.03. The molecule has 0 unspecified atom stereocenters. The molecule has 0 spiro atoms. The average Bonchev–Trinajstić information content (AvgIpc) is 2.11. The predicted octanol–water partition coefficient (Wildman–Crippen LogP) is 16.8. The summed E-state index contributed by atoms with van der Waals surface area (Å²) in [5, 5.41) is 25.9. The third-order valence-corrected chi connectivity index (χ3v) is 16.6. The maximum atomic E-state index is 4.64. The molecule has 17 heteroatoms. The van der Waals surface area contributed by atoms with Crippen LogP contribution in [0, 0.1) is 0 Å². The van der Waals surface area contributed by atoms with Crippen LogP contribution in [0.5, 0.6) is 0 Å². The molecular formula is C68H124B2N11P4+. The maximum Gasteiger partial charge on any atom is 0.826 e. The highest BCUT2D eigenvalue weighted by atomic mass is 31.1. The van der Waals surface area contributed by atoms with Gasteiger partial charge in [0.25, 0.3) is 0 Å². The largest absolute Gasteiger partial charge is 0.826 e. The predicted molar refractivity (Wildman–Crippen MR) is 401 cm³/mol. The summed E-state index contributed by atoms with van der Waals surface area (Å²) >= 11 is 0. The van der Waals surface area contributed by atoms with E-state index < -0.39 is 13.1 Å². The molecule has 85 heavy (non-hydrogen) atoms. The molecule has 9 rings (SSSR count). The zero-order valence-corrected chi connectivity index (χ0v) is 62.7.